The van der Waals surface area contributed by atoms with E-state index >= 15 is 0 Å². The van der Waals surface area contributed by atoms with Gasteiger partial charge in [0, 0.05) is 13.1 Å². The topological polar surface area (TPSA) is 35.5 Å². The largest absolute Gasteiger partial charge is 0.394 e. The third-order valence-electron chi connectivity index (χ3n) is 3.20. The molecule has 0 fully saturated rings. The fourth-order valence-corrected chi connectivity index (χ4v) is 1.74. The Morgan fingerprint density at radius 1 is 1.39 bits per heavy atom. The van der Waals surface area contributed by atoms with Crippen LogP contribution in [0.5, 0.6) is 0 Å². The fraction of sp³-hybridized carbons (Fsp3) is 0.571. The number of likely N-dealkylation sites (N-methyl/N-ethyl adjacent to an activating group) is 1. The van der Waals surface area contributed by atoms with Crippen LogP contribution in [0.1, 0.15) is 18.1 Å². The second-order valence-electron chi connectivity index (χ2n) is 5.18. The quantitative estimate of drug-likeness (QED) is 0.807. The molecule has 3 nitrogen and oxygen atoms in total. The van der Waals surface area contributed by atoms with Gasteiger partial charge < -0.3 is 15.3 Å². The van der Waals surface area contributed by atoms with Crippen LogP contribution in [0.2, 0.25) is 0 Å². The lowest BCUT2D eigenvalue weighted by Gasteiger charge is -2.30. The van der Waals surface area contributed by atoms with Crippen molar-refractivity contribution in [3.63, 3.8) is 0 Å². The van der Waals surface area contributed by atoms with Gasteiger partial charge in [0.1, 0.15) is 5.82 Å². The average molecular weight is 254 g/mol. The molecular formula is C14H23FN2O. The second-order valence-corrected chi connectivity index (χ2v) is 5.18. The van der Waals surface area contributed by atoms with E-state index in [2.05, 4.69) is 10.2 Å². The molecule has 18 heavy (non-hydrogen) atoms. The van der Waals surface area contributed by atoms with E-state index in [-0.39, 0.29) is 12.4 Å². The molecule has 4 heteroatoms. The van der Waals surface area contributed by atoms with Gasteiger partial charge in [0.25, 0.3) is 0 Å². The number of nitrogens with one attached hydrogen (secondary N) is 1. The minimum absolute atomic E-state index is 0.0665. The van der Waals surface area contributed by atoms with Crippen LogP contribution in [0.3, 0.4) is 0 Å². The highest BCUT2D eigenvalue weighted by Crippen LogP contribution is 2.22. The van der Waals surface area contributed by atoms with Crippen LogP contribution in [-0.4, -0.2) is 43.8 Å². The highest BCUT2D eigenvalue weighted by Gasteiger charge is 2.25. The number of halogens is 1. The summed E-state index contributed by atoms with van der Waals surface area (Å²) in [5.74, 6) is -0.235. The summed E-state index contributed by atoms with van der Waals surface area (Å²) in [6, 6.07) is 5.09. The van der Waals surface area contributed by atoms with Gasteiger partial charge in [-0.1, -0.05) is 12.1 Å². The van der Waals surface area contributed by atoms with Crippen molar-refractivity contribution in [3.05, 3.63) is 35.1 Å². The Bertz CT molecular complexity index is 395. The monoisotopic (exact) mass is 254 g/mol. The number of aryl methyl sites for hydroxylation is 1. The number of benzene rings is 1. The van der Waals surface area contributed by atoms with Gasteiger partial charge in [0.05, 0.1) is 12.1 Å². The standard InChI is InChI=1S/C14H23FN2O/c1-11-5-6-12(9-13(11)15)14(2,10-18)16-7-8-17(3)4/h5-6,9,16,18H,7-8,10H2,1-4H3. The maximum atomic E-state index is 13.6. The van der Waals surface area contributed by atoms with E-state index in [1.54, 1.807) is 13.0 Å². The molecule has 0 aromatic heterocycles. The molecule has 0 aliphatic rings. The van der Waals surface area contributed by atoms with Gasteiger partial charge in [-0.15, -0.1) is 0 Å². The summed E-state index contributed by atoms with van der Waals surface area (Å²) in [4.78, 5) is 2.06. The zero-order valence-corrected chi connectivity index (χ0v) is 11.6. The van der Waals surface area contributed by atoms with Crippen LogP contribution in [0.15, 0.2) is 18.2 Å². The van der Waals surface area contributed by atoms with Gasteiger partial charge in [-0.3, -0.25) is 0 Å². The van der Waals surface area contributed by atoms with E-state index in [1.165, 1.54) is 6.07 Å². The molecule has 0 spiro atoms. The van der Waals surface area contributed by atoms with Crippen LogP contribution in [-0.2, 0) is 5.54 Å². The summed E-state index contributed by atoms with van der Waals surface area (Å²) in [6.07, 6.45) is 0. The third kappa shape index (κ3) is 3.77. The molecule has 1 aromatic carbocycles. The number of aliphatic hydroxyl groups excluding tert-OH is 1. The van der Waals surface area contributed by atoms with Crippen LogP contribution < -0.4 is 5.32 Å². The molecule has 0 saturated heterocycles. The summed E-state index contributed by atoms with van der Waals surface area (Å²) in [7, 11) is 3.98. The lowest BCUT2D eigenvalue weighted by atomic mass is 9.92. The maximum absolute atomic E-state index is 13.6. The smallest absolute Gasteiger partial charge is 0.126 e. The normalized spacial score (nSPS) is 14.8. The molecule has 0 aliphatic heterocycles. The predicted molar refractivity (Wildman–Crippen MR) is 72.1 cm³/mol. The van der Waals surface area contributed by atoms with Gasteiger partial charge in [-0.05, 0) is 45.1 Å². The zero-order valence-electron chi connectivity index (χ0n) is 11.6. The first-order valence-electron chi connectivity index (χ1n) is 6.16. The van der Waals surface area contributed by atoms with E-state index in [0.29, 0.717) is 5.56 Å². The first-order valence-corrected chi connectivity index (χ1v) is 6.16. The van der Waals surface area contributed by atoms with Gasteiger partial charge in [0.15, 0.2) is 0 Å². The third-order valence-corrected chi connectivity index (χ3v) is 3.20. The average Bonchev–Trinajstić information content (AvgIpc) is 2.32. The molecule has 1 unspecified atom stereocenters. The molecule has 0 saturated carbocycles. The molecule has 0 heterocycles. The number of rotatable bonds is 6. The lowest BCUT2D eigenvalue weighted by molar-refractivity contribution is 0.171. The minimum Gasteiger partial charge on any atom is -0.394 e. The number of hydrogen-bond donors (Lipinski definition) is 2. The maximum Gasteiger partial charge on any atom is 0.126 e. The Kier molecular flexibility index (Phi) is 5.26. The first kappa shape index (κ1) is 15.1. The summed E-state index contributed by atoms with van der Waals surface area (Å²) >= 11 is 0. The molecule has 1 rings (SSSR count). The van der Waals surface area contributed by atoms with Gasteiger partial charge >= 0.3 is 0 Å². The van der Waals surface area contributed by atoms with E-state index in [1.807, 2.05) is 27.1 Å². The molecule has 0 aliphatic carbocycles. The van der Waals surface area contributed by atoms with Crippen molar-refractivity contribution in [1.29, 1.82) is 0 Å². The summed E-state index contributed by atoms with van der Waals surface area (Å²) in [5.41, 5.74) is 0.782. The van der Waals surface area contributed by atoms with E-state index in [9.17, 15) is 9.50 Å². The molecule has 1 aromatic rings. The van der Waals surface area contributed by atoms with E-state index < -0.39 is 5.54 Å². The molecule has 0 amide bonds. The van der Waals surface area contributed by atoms with Crippen LogP contribution in [0.25, 0.3) is 0 Å². The SMILES string of the molecule is Cc1ccc(C(C)(CO)NCCN(C)C)cc1F. The van der Waals surface area contributed by atoms with Crippen molar-refractivity contribution in [1.82, 2.24) is 10.2 Å². The number of hydrogen-bond acceptors (Lipinski definition) is 3. The predicted octanol–water partition coefficient (Wildman–Crippen LogP) is 1.49. The Hall–Kier alpha value is -0.970. The minimum atomic E-state index is -0.607. The Morgan fingerprint density at radius 2 is 2.06 bits per heavy atom. The Morgan fingerprint density at radius 3 is 2.56 bits per heavy atom. The van der Waals surface area contributed by atoms with E-state index in [4.69, 9.17) is 0 Å². The van der Waals surface area contributed by atoms with Gasteiger partial charge in [0.2, 0.25) is 0 Å². The van der Waals surface area contributed by atoms with Crippen molar-refractivity contribution >= 4 is 0 Å². The summed E-state index contributed by atoms with van der Waals surface area (Å²) in [6.45, 7) is 5.15. The molecule has 0 radical (unpaired) electrons. The van der Waals surface area contributed by atoms with Crippen LogP contribution in [0.4, 0.5) is 4.39 Å². The number of nitrogens with zero attached hydrogens (tertiary/aromatic N) is 1. The van der Waals surface area contributed by atoms with Crippen LogP contribution in [0, 0.1) is 12.7 Å². The van der Waals surface area contributed by atoms with Crippen molar-refractivity contribution in [2.24, 2.45) is 0 Å². The molecule has 1 atom stereocenters. The summed E-state index contributed by atoms with van der Waals surface area (Å²) < 4.78 is 13.6. The van der Waals surface area contributed by atoms with Crippen molar-refractivity contribution in [2.75, 3.05) is 33.8 Å². The van der Waals surface area contributed by atoms with Gasteiger partial charge in [-0.25, -0.2) is 4.39 Å². The van der Waals surface area contributed by atoms with E-state index in [0.717, 1.165) is 18.7 Å². The molecule has 2 N–H and O–H groups in total. The highest BCUT2D eigenvalue weighted by molar-refractivity contribution is 5.29. The van der Waals surface area contributed by atoms with Crippen molar-refractivity contribution in [3.8, 4) is 0 Å². The van der Waals surface area contributed by atoms with Crippen LogP contribution >= 0.6 is 0 Å². The number of aliphatic hydroxyl groups is 1. The fourth-order valence-electron chi connectivity index (χ4n) is 1.74. The first-order chi connectivity index (χ1) is 8.39. The van der Waals surface area contributed by atoms with Gasteiger partial charge in [-0.2, -0.15) is 0 Å². The summed E-state index contributed by atoms with van der Waals surface area (Å²) in [5, 5.41) is 12.8. The molecular weight excluding hydrogens is 231 g/mol. The highest BCUT2D eigenvalue weighted by atomic mass is 19.1. The Balaban J connectivity index is 2.82. The lowest BCUT2D eigenvalue weighted by Crippen LogP contribution is -2.45. The zero-order chi connectivity index (χ0) is 13.8. The molecule has 102 valence electrons. The van der Waals surface area contributed by atoms with Crippen molar-refractivity contribution < 1.29 is 9.50 Å². The van der Waals surface area contributed by atoms with Crippen molar-refractivity contribution in [2.45, 2.75) is 19.4 Å². The second kappa shape index (κ2) is 6.27. The molecule has 0 bridgehead atoms. The Labute approximate surface area is 109 Å².